The zero-order chi connectivity index (χ0) is 43.6. The van der Waals surface area contributed by atoms with Crippen LogP contribution in [0.3, 0.4) is 0 Å². The summed E-state index contributed by atoms with van der Waals surface area (Å²) in [4.78, 5) is 99.2. The van der Waals surface area contributed by atoms with Crippen molar-refractivity contribution in [3.8, 4) is 0 Å². The molecule has 0 heterocycles. The molecule has 0 spiro atoms. The molecule has 0 radical (unpaired) electrons. The minimum atomic E-state index is -1.37. The molecule has 16 nitrogen and oxygen atoms in total. The lowest BCUT2D eigenvalue weighted by molar-refractivity contribution is -0.212. The van der Waals surface area contributed by atoms with E-state index >= 15 is 0 Å². The second-order valence-electron chi connectivity index (χ2n) is 14.0. The third-order valence-corrected chi connectivity index (χ3v) is 8.32. The standard InChI is InChI=1S/C42H60O16/c1-27(2)39(47)51-23-13-9-17-33(43)55-31-21-22-32(56-34(44)18-10-14-24-52-40(48)28(3)4)38(58-36(46)20-12-16-26-54-42(50)30(7)8)37(31)57-35(45)19-11-15-25-53-41(49)29(5)6/h31-32,37-38H,1,3,5,7,9-26H2,2,4,6,8H3/t31-,32?,37+,38+/m1/s1. The van der Waals surface area contributed by atoms with E-state index in [2.05, 4.69) is 26.3 Å². The Morgan fingerprint density at radius 3 is 0.828 bits per heavy atom. The third kappa shape index (κ3) is 21.9. The van der Waals surface area contributed by atoms with Crippen LogP contribution in [0.2, 0.25) is 0 Å². The van der Waals surface area contributed by atoms with Gasteiger partial charge >= 0.3 is 47.8 Å². The summed E-state index contributed by atoms with van der Waals surface area (Å²) in [5, 5.41) is 0. The van der Waals surface area contributed by atoms with Crippen LogP contribution in [0.4, 0.5) is 0 Å². The quantitative estimate of drug-likeness (QED) is 0.0408. The smallest absolute Gasteiger partial charge is 0.333 e. The number of hydrogen-bond donors (Lipinski definition) is 0. The van der Waals surface area contributed by atoms with E-state index in [4.69, 9.17) is 37.9 Å². The molecule has 1 unspecified atom stereocenters. The van der Waals surface area contributed by atoms with Crippen LogP contribution in [0.1, 0.15) is 118 Å². The molecule has 0 aliphatic heterocycles. The van der Waals surface area contributed by atoms with E-state index in [1.54, 1.807) is 0 Å². The normalized spacial score (nSPS) is 17.0. The van der Waals surface area contributed by atoms with Crippen LogP contribution in [0.15, 0.2) is 48.6 Å². The molecule has 1 aliphatic carbocycles. The molecule has 1 aliphatic rings. The molecule has 58 heavy (non-hydrogen) atoms. The topological polar surface area (TPSA) is 210 Å². The number of esters is 8. The Morgan fingerprint density at radius 1 is 0.379 bits per heavy atom. The molecule has 0 aromatic heterocycles. The maximum Gasteiger partial charge on any atom is 0.333 e. The van der Waals surface area contributed by atoms with Gasteiger partial charge in [-0.25, -0.2) is 19.2 Å². The van der Waals surface area contributed by atoms with Gasteiger partial charge in [0.1, 0.15) is 12.2 Å². The van der Waals surface area contributed by atoms with Crippen LogP contribution in [-0.4, -0.2) is 98.6 Å². The summed E-state index contributed by atoms with van der Waals surface area (Å²) in [5.74, 6) is -4.97. The molecule has 0 aromatic carbocycles. The van der Waals surface area contributed by atoms with Crippen LogP contribution in [0, 0.1) is 0 Å². The Bertz CT molecular complexity index is 1380. The average Bonchev–Trinajstić information content (AvgIpc) is 3.15. The first-order chi connectivity index (χ1) is 27.4. The molecule has 0 bridgehead atoms. The van der Waals surface area contributed by atoms with Crippen molar-refractivity contribution in [1.29, 1.82) is 0 Å². The Hall–Kier alpha value is -5.28. The van der Waals surface area contributed by atoms with E-state index in [0.29, 0.717) is 38.5 Å². The van der Waals surface area contributed by atoms with E-state index in [1.165, 1.54) is 27.7 Å². The molecule has 1 fully saturated rings. The first-order valence-electron chi connectivity index (χ1n) is 19.5. The van der Waals surface area contributed by atoms with Crippen LogP contribution < -0.4 is 0 Å². The van der Waals surface area contributed by atoms with Gasteiger partial charge in [-0.2, -0.15) is 0 Å². The van der Waals surface area contributed by atoms with Gasteiger partial charge < -0.3 is 37.9 Å². The summed E-state index contributed by atoms with van der Waals surface area (Å²) >= 11 is 0. The van der Waals surface area contributed by atoms with Gasteiger partial charge in [0.05, 0.1) is 26.4 Å². The molecule has 0 amide bonds. The molecule has 324 valence electrons. The number of unbranched alkanes of at least 4 members (excludes halogenated alkanes) is 4. The van der Waals surface area contributed by atoms with Crippen LogP contribution in [0.5, 0.6) is 0 Å². The van der Waals surface area contributed by atoms with Gasteiger partial charge in [-0.1, -0.05) is 26.3 Å². The molecular formula is C42H60O16. The van der Waals surface area contributed by atoms with Crippen molar-refractivity contribution in [3.05, 3.63) is 48.6 Å². The predicted octanol–water partition coefficient (Wildman–Crippen LogP) is 5.59. The van der Waals surface area contributed by atoms with Crippen LogP contribution >= 0.6 is 0 Å². The van der Waals surface area contributed by atoms with Crippen molar-refractivity contribution in [2.24, 2.45) is 0 Å². The Kier molecular flexibility index (Phi) is 24.6. The van der Waals surface area contributed by atoms with Gasteiger partial charge in [0, 0.05) is 48.0 Å². The highest BCUT2D eigenvalue weighted by Crippen LogP contribution is 2.31. The monoisotopic (exact) mass is 820 g/mol. The van der Waals surface area contributed by atoms with Gasteiger partial charge in [0.2, 0.25) is 0 Å². The lowest BCUT2D eigenvalue weighted by Gasteiger charge is -2.40. The first kappa shape index (κ1) is 50.7. The number of carbonyl (C=O) groups is 8. The highest BCUT2D eigenvalue weighted by atomic mass is 16.6. The van der Waals surface area contributed by atoms with Crippen molar-refractivity contribution >= 4 is 47.8 Å². The van der Waals surface area contributed by atoms with Gasteiger partial charge in [-0.3, -0.25) is 19.2 Å². The van der Waals surface area contributed by atoms with Gasteiger partial charge in [-0.15, -0.1) is 0 Å². The summed E-state index contributed by atoms with van der Waals surface area (Å²) in [6.45, 7) is 20.3. The highest BCUT2D eigenvalue weighted by molar-refractivity contribution is 5.88. The minimum Gasteiger partial charge on any atom is -0.462 e. The zero-order valence-corrected chi connectivity index (χ0v) is 34.4. The zero-order valence-electron chi connectivity index (χ0n) is 34.4. The van der Waals surface area contributed by atoms with Crippen molar-refractivity contribution in [3.63, 3.8) is 0 Å². The molecule has 0 N–H and O–H groups in total. The van der Waals surface area contributed by atoms with Gasteiger partial charge in [-0.05, 0) is 91.9 Å². The first-order valence-corrected chi connectivity index (χ1v) is 19.5. The fraction of sp³-hybridized carbons (Fsp3) is 0.619. The van der Waals surface area contributed by atoms with Crippen LogP contribution in [0.25, 0.3) is 0 Å². The highest BCUT2D eigenvalue weighted by Gasteiger charge is 2.48. The predicted molar refractivity (Wildman–Crippen MR) is 207 cm³/mol. The molecular weight excluding hydrogens is 760 g/mol. The van der Waals surface area contributed by atoms with Crippen molar-refractivity contribution in [2.45, 2.75) is 142 Å². The van der Waals surface area contributed by atoms with E-state index in [9.17, 15) is 38.4 Å². The van der Waals surface area contributed by atoms with Gasteiger partial charge in [0.15, 0.2) is 12.2 Å². The molecule has 0 saturated heterocycles. The second kappa shape index (κ2) is 28.2. The molecule has 16 heteroatoms. The van der Waals surface area contributed by atoms with E-state index < -0.39 is 72.2 Å². The average molecular weight is 821 g/mol. The summed E-state index contributed by atoms with van der Waals surface area (Å²) in [6, 6.07) is 0. The Balaban J connectivity index is 3.15. The van der Waals surface area contributed by atoms with Gasteiger partial charge in [0.25, 0.3) is 0 Å². The number of rotatable bonds is 28. The molecule has 1 rings (SSSR count). The SMILES string of the molecule is C=C(C)C(=O)OCCCCC(=O)OC1CC[C@@H](OC(=O)CCCCOC(=O)C(=C)C)[C@H](OC(=O)CCCCOC(=O)C(=C)C)[C@H]1OC(=O)CCCCOC(=O)C(=C)C. The summed E-state index contributed by atoms with van der Waals surface area (Å²) in [7, 11) is 0. The second-order valence-corrected chi connectivity index (χ2v) is 14.0. The van der Waals surface area contributed by atoms with E-state index in [-0.39, 0.29) is 100 Å². The Morgan fingerprint density at radius 2 is 0.603 bits per heavy atom. The maximum absolute atomic E-state index is 13.2. The molecule has 0 aromatic rings. The van der Waals surface area contributed by atoms with Crippen LogP contribution in [-0.2, 0) is 76.3 Å². The number of hydrogen-bond acceptors (Lipinski definition) is 16. The van der Waals surface area contributed by atoms with Crippen molar-refractivity contribution < 1.29 is 76.3 Å². The van der Waals surface area contributed by atoms with E-state index in [1.807, 2.05) is 0 Å². The summed E-state index contributed by atoms with van der Waals surface area (Å²) in [6.07, 6.45) is -2.66. The fourth-order valence-electron chi connectivity index (χ4n) is 5.13. The molecule has 1 saturated carbocycles. The molecule has 4 atom stereocenters. The summed E-state index contributed by atoms with van der Waals surface area (Å²) < 4.78 is 43.5. The lowest BCUT2D eigenvalue weighted by Crippen LogP contribution is -2.55. The largest absolute Gasteiger partial charge is 0.462 e. The van der Waals surface area contributed by atoms with Crippen molar-refractivity contribution in [1.82, 2.24) is 0 Å². The summed E-state index contributed by atoms with van der Waals surface area (Å²) in [5.41, 5.74) is 0.950. The van der Waals surface area contributed by atoms with Crippen molar-refractivity contribution in [2.75, 3.05) is 26.4 Å². The Labute approximate surface area is 340 Å². The fourth-order valence-corrected chi connectivity index (χ4v) is 5.13. The third-order valence-electron chi connectivity index (χ3n) is 8.32. The lowest BCUT2D eigenvalue weighted by atomic mass is 9.88. The number of ether oxygens (including phenoxy) is 8. The maximum atomic E-state index is 13.2. The van der Waals surface area contributed by atoms with E-state index in [0.717, 1.165) is 0 Å². The number of carbonyl (C=O) groups excluding carboxylic acids is 8. The minimum absolute atomic E-state index is 0.0377.